The van der Waals surface area contributed by atoms with Crippen molar-refractivity contribution in [3.05, 3.63) is 54.2 Å². The molecule has 2 aliphatic rings. The van der Waals surface area contributed by atoms with E-state index in [4.69, 9.17) is 4.98 Å². The molecule has 30 heavy (non-hydrogen) atoms. The highest BCUT2D eigenvalue weighted by Gasteiger charge is 2.30. The predicted octanol–water partition coefficient (Wildman–Crippen LogP) is 3.49. The van der Waals surface area contributed by atoms with Gasteiger partial charge in [-0.15, -0.1) is 0 Å². The molecule has 3 aromatic rings. The second kappa shape index (κ2) is 7.76. The highest BCUT2D eigenvalue weighted by Crippen LogP contribution is 2.35. The summed E-state index contributed by atoms with van der Waals surface area (Å²) in [6.45, 7) is 5.40. The Morgan fingerprint density at radius 3 is 2.33 bits per heavy atom. The summed E-state index contributed by atoms with van der Waals surface area (Å²) in [5.41, 5.74) is 3.06. The third-order valence-electron chi connectivity index (χ3n) is 6.71. The number of hydrogen-bond acceptors (Lipinski definition) is 5. The van der Waals surface area contributed by atoms with Crippen LogP contribution < -0.4 is 15.1 Å². The first-order chi connectivity index (χ1) is 14.6. The minimum Gasteiger partial charge on any atom is -0.368 e. The van der Waals surface area contributed by atoms with Crippen LogP contribution >= 0.6 is 0 Å². The number of hydrogen-bond donors (Lipinski definition) is 1. The number of piperazine rings is 1. The van der Waals surface area contributed by atoms with E-state index in [2.05, 4.69) is 56.2 Å². The first-order valence-electron chi connectivity index (χ1n) is 10.9. The minimum absolute atomic E-state index is 0.112. The number of nitrogens with one attached hydrogen (secondary N) is 1. The highest BCUT2D eigenvalue weighted by molar-refractivity contribution is 5.94. The molecule has 6 heteroatoms. The van der Waals surface area contributed by atoms with Crippen LogP contribution in [0.4, 0.5) is 11.5 Å². The van der Waals surface area contributed by atoms with Crippen molar-refractivity contribution in [3.8, 4) is 0 Å². The van der Waals surface area contributed by atoms with Crippen molar-refractivity contribution >= 4 is 28.3 Å². The summed E-state index contributed by atoms with van der Waals surface area (Å²) < 4.78 is 2.36. The van der Waals surface area contributed by atoms with E-state index in [-0.39, 0.29) is 5.78 Å². The van der Waals surface area contributed by atoms with E-state index in [9.17, 15) is 4.79 Å². The van der Waals surface area contributed by atoms with E-state index in [1.807, 2.05) is 19.2 Å². The molecule has 2 aromatic heterocycles. The molecule has 156 valence electrons. The number of carbonyl (C=O) groups is 1. The number of Topliss-reactive ketones (excluding diaryl/α,β-unsaturated/α-hetero) is 1. The molecule has 0 atom stereocenters. The third kappa shape index (κ3) is 3.45. The number of ketones is 1. The highest BCUT2D eigenvalue weighted by atomic mass is 16.1. The van der Waals surface area contributed by atoms with E-state index >= 15 is 0 Å². The van der Waals surface area contributed by atoms with Gasteiger partial charge in [0.2, 0.25) is 0 Å². The van der Waals surface area contributed by atoms with Crippen molar-refractivity contribution in [2.75, 3.05) is 43.0 Å². The van der Waals surface area contributed by atoms with Gasteiger partial charge >= 0.3 is 0 Å². The first kappa shape index (κ1) is 19.1. The lowest BCUT2D eigenvalue weighted by Crippen LogP contribution is -2.46. The van der Waals surface area contributed by atoms with Gasteiger partial charge in [-0.05, 0) is 69.3 Å². The number of anilines is 2. The van der Waals surface area contributed by atoms with Gasteiger partial charge in [0.1, 0.15) is 11.5 Å². The van der Waals surface area contributed by atoms with Gasteiger partial charge < -0.3 is 19.7 Å². The number of fused-ring (bicyclic) bond motifs is 1. The lowest BCUT2D eigenvalue weighted by molar-refractivity contribution is 0.101. The Kier molecular flexibility index (Phi) is 4.95. The third-order valence-corrected chi connectivity index (χ3v) is 6.71. The van der Waals surface area contributed by atoms with Crippen LogP contribution in [0.15, 0.2) is 48.7 Å². The maximum atomic E-state index is 11.5. The quantitative estimate of drug-likeness (QED) is 0.661. The summed E-state index contributed by atoms with van der Waals surface area (Å²) in [6, 6.07) is 15.7. The second-order valence-corrected chi connectivity index (χ2v) is 8.49. The number of benzene rings is 1. The molecule has 1 N–H and O–H groups in total. The van der Waals surface area contributed by atoms with Crippen LogP contribution in [0.25, 0.3) is 11.0 Å². The van der Waals surface area contributed by atoms with Crippen molar-refractivity contribution in [2.45, 2.75) is 31.8 Å². The van der Waals surface area contributed by atoms with E-state index in [0.29, 0.717) is 12.1 Å². The van der Waals surface area contributed by atoms with Gasteiger partial charge in [-0.2, -0.15) is 0 Å². The molecule has 1 aliphatic carbocycles. The molecule has 5 rings (SSSR count). The summed E-state index contributed by atoms with van der Waals surface area (Å²) >= 11 is 0. The Hall–Kier alpha value is -2.86. The van der Waals surface area contributed by atoms with Crippen LogP contribution in [0.2, 0.25) is 0 Å². The average molecular weight is 404 g/mol. The van der Waals surface area contributed by atoms with Crippen molar-refractivity contribution in [1.29, 1.82) is 0 Å². The van der Waals surface area contributed by atoms with Crippen molar-refractivity contribution < 1.29 is 4.79 Å². The SMILES string of the molecule is CN[C@H]1C[C@@H](n2ccc3ccc(N4CCN(c5ccc(C(C)=O)cc5)CC4)nc32)C1. The molecule has 1 aliphatic heterocycles. The predicted molar refractivity (Wildman–Crippen MR) is 122 cm³/mol. The zero-order chi connectivity index (χ0) is 20.7. The number of rotatable bonds is 5. The molecular formula is C24H29N5O. The van der Waals surface area contributed by atoms with Crippen molar-refractivity contribution in [1.82, 2.24) is 14.9 Å². The summed E-state index contributed by atoms with van der Waals surface area (Å²) in [5.74, 6) is 1.18. The number of pyridine rings is 1. The van der Waals surface area contributed by atoms with Gasteiger partial charge in [-0.25, -0.2) is 4.98 Å². The lowest BCUT2D eigenvalue weighted by atomic mass is 9.87. The molecule has 0 unspecified atom stereocenters. The van der Waals surface area contributed by atoms with Gasteiger partial charge in [0.25, 0.3) is 0 Å². The van der Waals surface area contributed by atoms with Gasteiger partial charge in [0, 0.05) is 61.1 Å². The second-order valence-electron chi connectivity index (χ2n) is 8.49. The zero-order valence-corrected chi connectivity index (χ0v) is 17.7. The number of nitrogens with zero attached hydrogens (tertiary/aromatic N) is 4. The summed E-state index contributed by atoms with van der Waals surface area (Å²) in [4.78, 5) is 21.3. The fraction of sp³-hybridized carbons (Fsp3) is 0.417. The molecule has 1 saturated heterocycles. The molecule has 0 bridgehead atoms. The van der Waals surface area contributed by atoms with E-state index < -0.39 is 0 Å². The Balaban J connectivity index is 1.28. The Morgan fingerprint density at radius 1 is 0.967 bits per heavy atom. The van der Waals surface area contributed by atoms with Gasteiger partial charge in [-0.3, -0.25) is 4.79 Å². The summed E-state index contributed by atoms with van der Waals surface area (Å²) in [5, 5.41) is 4.59. The normalized spacial score (nSPS) is 21.7. The molecule has 3 heterocycles. The monoisotopic (exact) mass is 403 g/mol. The smallest absolute Gasteiger partial charge is 0.159 e. The number of aromatic nitrogens is 2. The van der Waals surface area contributed by atoms with E-state index in [1.54, 1.807) is 6.92 Å². The van der Waals surface area contributed by atoms with E-state index in [1.165, 1.54) is 23.9 Å². The van der Waals surface area contributed by atoms with Crippen LogP contribution in [0.1, 0.15) is 36.2 Å². The first-order valence-corrected chi connectivity index (χ1v) is 10.9. The minimum atomic E-state index is 0.112. The van der Waals surface area contributed by atoms with Gasteiger partial charge in [0.15, 0.2) is 5.78 Å². The number of carbonyl (C=O) groups excluding carboxylic acids is 1. The molecule has 6 nitrogen and oxygen atoms in total. The Labute approximate surface area is 177 Å². The zero-order valence-electron chi connectivity index (χ0n) is 17.7. The van der Waals surface area contributed by atoms with Crippen LogP contribution in [-0.2, 0) is 0 Å². The largest absolute Gasteiger partial charge is 0.368 e. The molecule has 1 aromatic carbocycles. The lowest BCUT2D eigenvalue weighted by Gasteiger charge is -2.37. The topological polar surface area (TPSA) is 53.4 Å². The molecule has 0 amide bonds. The van der Waals surface area contributed by atoms with Crippen LogP contribution in [0, 0.1) is 0 Å². The molecule has 2 fully saturated rings. The fourth-order valence-corrected chi connectivity index (χ4v) is 4.64. The summed E-state index contributed by atoms with van der Waals surface area (Å²) in [6.07, 6.45) is 4.54. The molecule has 0 spiro atoms. The Morgan fingerprint density at radius 2 is 1.67 bits per heavy atom. The molecule has 1 saturated carbocycles. The van der Waals surface area contributed by atoms with Gasteiger partial charge in [-0.1, -0.05) is 0 Å². The average Bonchev–Trinajstić information content (AvgIpc) is 3.16. The van der Waals surface area contributed by atoms with Crippen molar-refractivity contribution in [3.63, 3.8) is 0 Å². The van der Waals surface area contributed by atoms with Crippen LogP contribution in [0.5, 0.6) is 0 Å². The fourth-order valence-electron chi connectivity index (χ4n) is 4.64. The molecule has 0 radical (unpaired) electrons. The maximum Gasteiger partial charge on any atom is 0.159 e. The van der Waals surface area contributed by atoms with E-state index in [0.717, 1.165) is 43.2 Å². The summed E-state index contributed by atoms with van der Waals surface area (Å²) in [7, 11) is 2.04. The Bertz CT molecular complexity index is 1040. The van der Waals surface area contributed by atoms with Crippen LogP contribution in [0.3, 0.4) is 0 Å². The standard InChI is InChI=1S/C24H29N5O/c1-17(30)18-3-6-21(7-4-18)27-11-13-28(14-12-27)23-8-5-19-9-10-29(24(19)26-23)22-15-20(16-22)25-2/h3-10,20,22,25H,11-16H2,1-2H3/t20-,22+. The maximum absolute atomic E-state index is 11.5. The molecular weight excluding hydrogens is 374 g/mol. The van der Waals surface area contributed by atoms with Crippen LogP contribution in [-0.4, -0.2) is 54.6 Å². The van der Waals surface area contributed by atoms with Gasteiger partial charge in [0.05, 0.1) is 0 Å². The van der Waals surface area contributed by atoms with Crippen molar-refractivity contribution in [2.24, 2.45) is 0 Å².